The number of carbonyl (C=O) groups excluding carboxylic acids is 1. The van der Waals surface area contributed by atoms with Crippen LogP contribution >= 0.6 is 33.9 Å². The molecular formula is C14H13FINOS. The van der Waals surface area contributed by atoms with Crippen LogP contribution in [0.5, 0.6) is 0 Å². The Balaban J connectivity index is 2.22. The normalized spacial score (nSPS) is 12.2. The van der Waals surface area contributed by atoms with Gasteiger partial charge in [-0.25, -0.2) is 4.39 Å². The topological polar surface area (TPSA) is 20.3 Å². The molecule has 0 fully saturated rings. The van der Waals surface area contributed by atoms with E-state index in [1.807, 2.05) is 18.4 Å². The van der Waals surface area contributed by atoms with Crippen molar-refractivity contribution in [2.24, 2.45) is 0 Å². The van der Waals surface area contributed by atoms with Crippen LogP contribution in [0.25, 0.3) is 0 Å². The van der Waals surface area contributed by atoms with Crippen LogP contribution in [0.2, 0.25) is 0 Å². The molecule has 2 aromatic rings. The quantitative estimate of drug-likeness (QED) is 0.716. The van der Waals surface area contributed by atoms with Crippen LogP contribution in [-0.4, -0.2) is 17.9 Å². The van der Waals surface area contributed by atoms with Gasteiger partial charge in [0.1, 0.15) is 5.82 Å². The molecule has 2 nitrogen and oxygen atoms in total. The van der Waals surface area contributed by atoms with E-state index in [9.17, 15) is 9.18 Å². The Labute approximate surface area is 129 Å². The van der Waals surface area contributed by atoms with Crippen LogP contribution in [0.15, 0.2) is 35.7 Å². The van der Waals surface area contributed by atoms with E-state index >= 15 is 0 Å². The summed E-state index contributed by atoms with van der Waals surface area (Å²) in [6.07, 6.45) is 0. The summed E-state index contributed by atoms with van der Waals surface area (Å²) in [5.41, 5.74) is 1.18. The summed E-state index contributed by atoms with van der Waals surface area (Å²) < 4.78 is 14.8. The Morgan fingerprint density at radius 2 is 2.11 bits per heavy atom. The third-order valence-electron chi connectivity index (χ3n) is 3.07. The molecule has 1 aromatic carbocycles. The molecule has 1 atom stereocenters. The number of benzene rings is 1. The van der Waals surface area contributed by atoms with E-state index in [-0.39, 0.29) is 17.8 Å². The number of hydrogen-bond donors (Lipinski definition) is 0. The minimum absolute atomic E-state index is 0.0880. The van der Waals surface area contributed by atoms with E-state index in [2.05, 4.69) is 22.6 Å². The number of hydrogen-bond acceptors (Lipinski definition) is 2. The van der Waals surface area contributed by atoms with Gasteiger partial charge >= 0.3 is 0 Å². The minimum Gasteiger partial charge on any atom is -0.335 e. The molecule has 1 unspecified atom stereocenters. The predicted molar refractivity (Wildman–Crippen MR) is 83.9 cm³/mol. The van der Waals surface area contributed by atoms with Gasteiger partial charge < -0.3 is 4.90 Å². The van der Waals surface area contributed by atoms with Crippen LogP contribution in [0.1, 0.15) is 28.9 Å². The lowest BCUT2D eigenvalue weighted by Gasteiger charge is -2.25. The molecule has 0 radical (unpaired) electrons. The van der Waals surface area contributed by atoms with Gasteiger partial charge in [-0.1, -0.05) is 18.2 Å². The monoisotopic (exact) mass is 389 g/mol. The first-order valence-electron chi connectivity index (χ1n) is 5.76. The van der Waals surface area contributed by atoms with E-state index in [0.29, 0.717) is 11.1 Å². The van der Waals surface area contributed by atoms with Crippen LogP contribution in [0, 0.1) is 8.70 Å². The molecule has 1 amide bonds. The van der Waals surface area contributed by atoms with Crippen molar-refractivity contribution in [3.8, 4) is 0 Å². The first-order chi connectivity index (χ1) is 9.00. The van der Waals surface area contributed by atoms with Gasteiger partial charge in [-0.3, -0.25) is 4.79 Å². The highest BCUT2D eigenvalue weighted by molar-refractivity contribution is 14.1. The average Bonchev–Trinajstić information content (AvgIpc) is 2.83. The molecule has 1 aromatic heterocycles. The third kappa shape index (κ3) is 3.14. The largest absolute Gasteiger partial charge is 0.335 e. The van der Waals surface area contributed by atoms with Crippen molar-refractivity contribution >= 4 is 39.8 Å². The standard InChI is InChI=1S/C14H13FINOS/c1-9(11-5-3-4-6-12(11)15)17(2)14(18)10-7-13(16)19-8-10/h3-9H,1-2H3. The minimum atomic E-state index is -0.300. The molecule has 100 valence electrons. The molecule has 19 heavy (non-hydrogen) atoms. The summed E-state index contributed by atoms with van der Waals surface area (Å²) >= 11 is 3.71. The summed E-state index contributed by atoms with van der Waals surface area (Å²) in [6, 6.07) is 8.10. The Hall–Kier alpha value is -0.950. The zero-order valence-corrected chi connectivity index (χ0v) is 13.5. The Morgan fingerprint density at radius 3 is 2.68 bits per heavy atom. The molecule has 1 heterocycles. The van der Waals surface area contributed by atoms with Crippen molar-refractivity contribution in [1.29, 1.82) is 0 Å². The smallest absolute Gasteiger partial charge is 0.254 e. The maximum Gasteiger partial charge on any atom is 0.254 e. The van der Waals surface area contributed by atoms with Crippen molar-refractivity contribution in [3.63, 3.8) is 0 Å². The number of thiophene rings is 1. The molecule has 0 N–H and O–H groups in total. The zero-order valence-electron chi connectivity index (χ0n) is 10.6. The van der Waals surface area contributed by atoms with Crippen LogP contribution in [0.3, 0.4) is 0 Å². The second kappa shape index (κ2) is 6.00. The lowest BCUT2D eigenvalue weighted by atomic mass is 10.1. The first kappa shape index (κ1) is 14.5. The van der Waals surface area contributed by atoms with Crippen molar-refractivity contribution in [2.75, 3.05) is 7.05 Å². The Bertz CT molecular complexity index is 599. The number of rotatable bonds is 3. The second-order valence-corrected chi connectivity index (χ2v) is 7.06. The van der Waals surface area contributed by atoms with Gasteiger partial charge in [-0.05, 0) is 41.6 Å². The van der Waals surface area contributed by atoms with Crippen molar-refractivity contribution in [2.45, 2.75) is 13.0 Å². The maximum atomic E-state index is 13.7. The average molecular weight is 389 g/mol. The SMILES string of the molecule is CC(c1ccccc1F)N(C)C(=O)c1csc(I)c1. The van der Waals surface area contributed by atoms with Crippen LogP contribution in [0.4, 0.5) is 4.39 Å². The van der Waals surface area contributed by atoms with Gasteiger partial charge in [-0.15, -0.1) is 11.3 Å². The summed E-state index contributed by atoms with van der Waals surface area (Å²) in [6.45, 7) is 1.83. The maximum absolute atomic E-state index is 13.7. The van der Waals surface area contributed by atoms with Gasteiger partial charge in [0, 0.05) is 18.0 Å². The molecule has 5 heteroatoms. The second-order valence-electron chi connectivity index (χ2n) is 4.25. The Morgan fingerprint density at radius 1 is 1.42 bits per heavy atom. The third-order valence-corrected chi connectivity index (χ3v) is 4.86. The molecule has 2 rings (SSSR count). The van der Waals surface area contributed by atoms with E-state index in [1.54, 1.807) is 30.1 Å². The van der Waals surface area contributed by atoms with E-state index in [0.717, 1.165) is 2.88 Å². The van der Waals surface area contributed by atoms with E-state index in [1.165, 1.54) is 17.4 Å². The lowest BCUT2D eigenvalue weighted by Crippen LogP contribution is -2.29. The summed E-state index contributed by atoms with van der Waals surface area (Å²) in [5, 5.41) is 1.83. The fourth-order valence-electron chi connectivity index (χ4n) is 1.82. The van der Waals surface area contributed by atoms with Gasteiger partial charge in [0.15, 0.2) is 0 Å². The van der Waals surface area contributed by atoms with E-state index in [4.69, 9.17) is 0 Å². The Kier molecular flexibility index (Phi) is 4.57. The predicted octanol–water partition coefficient (Wildman–Crippen LogP) is 4.33. The van der Waals surface area contributed by atoms with Gasteiger partial charge in [0.05, 0.1) is 14.5 Å². The fraction of sp³-hybridized carbons (Fsp3) is 0.214. The number of carbonyl (C=O) groups is 1. The van der Waals surface area contributed by atoms with Crippen LogP contribution < -0.4 is 0 Å². The van der Waals surface area contributed by atoms with Gasteiger partial charge in [0.2, 0.25) is 0 Å². The molecule has 0 aliphatic carbocycles. The highest BCUT2D eigenvalue weighted by atomic mass is 127. The first-order valence-corrected chi connectivity index (χ1v) is 7.72. The molecular weight excluding hydrogens is 376 g/mol. The van der Waals surface area contributed by atoms with Gasteiger partial charge in [0.25, 0.3) is 5.91 Å². The number of halogens is 2. The molecule has 0 saturated carbocycles. The van der Waals surface area contributed by atoms with Crippen molar-refractivity contribution in [3.05, 3.63) is 55.5 Å². The van der Waals surface area contributed by atoms with E-state index < -0.39 is 0 Å². The van der Waals surface area contributed by atoms with Crippen LogP contribution in [-0.2, 0) is 0 Å². The lowest BCUT2D eigenvalue weighted by molar-refractivity contribution is 0.0741. The summed E-state index contributed by atoms with van der Waals surface area (Å²) in [4.78, 5) is 13.9. The molecule has 0 saturated heterocycles. The number of nitrogens with zero attached hydrogens (tertiary/aromatic N) is 1. The van der Waals surface area contributed by atoms with Crippen molar-refractivity contribution in [1.82, 2.24) is 4.90 Å². The summed E-state index contributed by atoms with van der Waals surface area (Å²) in [7, 11) is 1.70. The molecule has 0 bridgehead atoms. The molecule has 0 spiro atoms. The highest BCUT2D eigenvalue weighted by Gasteiger charge is 2.21. The molecule has 0 aliphatic heterocycles. The van der Waals surface area contributed by atoms with Crippen molar-refractivity contribution < 1.29 is 9.18 Å². The number of amides is 1. The zero-order chi connectivity index (χ0) is 14.0. The summed E-state index contributed by atoms with van der Waals surface area (Å²) in [5.74, 6) is -0.371. The fourth-order valence-corrected chi connectivity index (χ4v) is 3.14. The van der Waals surface area contributed by atoms with Gasteiger partial charge in [-0.2, -0.15) is 0 Å². The molecule has 0 aliphatic rings. The highest BCUT2D eigenvalue weighted by Crippen LogP contribution is 2.25.